The van der Waals surface area contributed by atoms with Crippen LogP contribution in [0.5, 0.6) is 5.75 Å². The number of hydrogen-bond donors (Lipinski definition) is 1. The van der Waals surface area contributed by atoms with Crippen molar-refractivity contribution in [2.75, 3.05) is 12.9 Å². The quantitative estimate of drug-likeness (QED) is 0.667. The molecule has 2 aromatic rings. The minimum absolute atomic E-state index is 0.0462. The van der Waals surface area contributed by atoms with Crippen LogP contribution in [0, 0.1) is 12.7 Å². The highest BCUT2D eigenvalue weighted by Gasteiger charge is 2.35. The fourth-order valence-electron chi connectivity index (χ4n) is 4.16. The number of ether oxygens (including phenoxy) is 1. The smallest absolute Gasteiger partial charge is 0.327 e. The number of thioether (sulfide) groups is 1. The van der Waals surface area contributed by atoms with Crippen molar-refractivity contribution >= 4 is 17.7 Å². The van der Waals surface area contributed by atoms with Gasteiger partial charge in [0.2, 0.25) is 0 Å². The van der Waals surface area contributed by atoms with Gasteiger partial charge in [-0.25, -0.2) is 18.0 Å². The Bertz CT molecular complexity index is 1250. The van der Waals surface area contributed by atoms with E-state index in [-0.39, 0.29) is 47.5 Å². The third-order valence-electron chi connectivity index (χ3n) is 5.82. The maximum atomic E-state index is 15.1. The lowest BCUT2D eigenvalue weighted by Crippen LogP contribution is -2.31. The lowest BCUT2D eigenvalue weighted by Gasteiger charge is -2.21. The Morgan fingerprint density at radius 2 is 2.06 bits per heavy atom. The van der Waals surface area contributed by atoms with Crippen LogP contribution in [0.15, 0.2) is 51.3 Å². The monoisotopic (exact) mass is 463 g/mol. The molecule has 0 saturated heterocycles. The first-order chi connectivity index (χ1) is 15.3. The number of aromatic nitrogens is 1. The van der Waals surface area contributed by atoms with Gasteiger partial charge in [0, 0.05) is 29.7 Å². The summed E-state index contributed by atoms with van der Waals surface area (Å²) in [5, 5.41) is 9.98. The third-order valence-corrected chi connectivity index (χ3v) is 7.02. The van der Waals surface area contributed by atoms with Crippen molar-refractivity contribution in [2.24, 2.45) is 0 Å². The molecule has 1 atom stereocenters. The fraction of sp³-hybridized carbons (Fsp3) is 0.304. The first kappa shape index (κ1) is 22.3. The number of benzene rings is 1. The number of methoxy groups -OCH3 is 1. The van der Waals surface area contributed by atoms with E-state index in [1.807, 2.05) is 0 Å². The Labute approximate surface area is 186 Å². The molecule has 1 aliphatic heterocycles. The van der Waals surface area contributed by atoms with Crippen molar-refractivity contribution in [3.8, 4) is 16.9 Å². The summed E-state index contributed by atoms with van der Waals surface area (Å²) in [6.45, 7) is 1.59. The van der Waals surface area contributed by atoms with E-state index >= 15 is 4.39 Å². The molecule has 0 radical (unpaired) electrons. The van der Waals surface area contributed by atoms with Crippen LogP contribution in [0.4, 0.5) is 13.2 Å². The predicted molar refractivity (Wildman–Crippen MR) is 115 cm³/mol. The van der Waals surface area contributed by atoms with Crippen LogP contribution < -0.4 is 10.3 Å². The van der Waals surface area contributed by atoms with Gasteiger partial charge in [-0.05, 0) is 36.6 Å². The number of carboxylic acid groups (broad SMARTS) is 1. The minimum atomic E-state index is -1.21. The number of aliphatic carboxylic acids is 1. The molecule has 9 heteroatoms. The Balaban J connectivity index is 2.02. The lowest BCUT2D eigenvalue weighted by atomic mass is 9.92. The second-order valence-electron chi connectivity index (χ2n) is 7.60. The molecule has 32 heavy (non-hydrogen) atoms. The van der Waals surface area contributed by atoms with Gasteiger partial charge in [-0.2, -0.15) is 0 Å². The maximum Gasteiger partial charge on any atom is 0.327 e. The molecule has 0 fully saturated rings. The first-order valence-electron chi connectivity index (χ1n) is 9.96. The maximum absolute atomic E-state index is 15.1. The number of carbonyl (C=O) groups is 1. The van der Waals surface area contributed by atoms with Crippen molar-refractivity contribution in [2.45, 2.75) is 37.3 Å². The summed E-state index contributed by atoms with van der Waals surface area (Å²) in [4.78, 5) is 25.2. The van der Waals surface area contributed by atoms with Crippen molar-refractivity contribution in [3.63, 3.8) is 0 Å². The molecular formula is C23H20F3NO4S. The number of allylic oxidation sites excluding steroid dienone is 4. The third kappa shape index (κ3) is 3.54. The van der Waals surface area contributed by atoms with E-state index < -0.39 is 35.0 Å². The largest absolute Gasteiger partial charge is 0.494 e. The zero-order valence-corrected chi connectivity index (χ0v) is 18.2. The summed E-state index contributed by atoms with van der Waals surface area (Å²) < 4.78 is 50.2. The van der Waals surface area contributed by atoms with Crippen molar-refractivity contribution < 1.29 is 27.8 Å². The Morgan fingerprint density at radius 3 is 2.72 bits per heavy atom. The summed E-state index contributed by atoms with van der Waals surface area (Å²) in [5.74, 6) is -3.23. The van der Waals surface area contributed by atoms with E-state index in [0.29, 0.717) is 16.2 Å². The van der Waals surface area contributed by atoms with Crippen LogP contribution in [-0.4, -0.2) is 28.5 Å². The van der Waals surface area contributed by atoms with E-state index in [9.17, 15) is 23.5 Å². The Morgan fingerprint density at radius 1 is 1.31 bits per heavy atom. The molecule has 1 N–H and O–H groups in total. The molecule has 1 aliphatic carbocycles. The second-order valence-corrected chi connectivity index (χ2v) is 8.61. The first-order valence-corrected chi connectivity index (χ1v) is 10.9. The number of pyridine rings is 1. The van der Waals surface area contributed by atoms with Gasteiger partial charge in [0.1, 0.15) is 17.7 Å². The van der Waals surface area contributed by atoms with E-state index in [1.165, 1.54) is 31.4 Å². The molecule has 0 saturated carbocycles. The van der Waals surface area contributed by atoms with Crippen LogP contribution in [-0.2, 0) is 11.2 Å². The van der Waals surface area contributed by atoms with E-state index in [0.717, 1.165) is 16.3 Å². The van der Waals surface area contributed by atoms with Gasteiger partial charge in [-0.3, -0.25) is 9.36 Å². The van der Waals surface area contributed by atoms with Crippen molar-refractivity contribution in [3.05, 3.63) is 68.8 Å². The molecule has 2 heterocycles. The van der Waals surface area contributed by atoms with Gasteiger partial charge in [0.05, 0.1) is 17.7 Å². The van der Waals surface area contributed by atoms with E-state index in [2.05, 4.69) is 0 Å². The lowest BCUT2D eigenvalue weighted by molar-refractivity contribution is -0.140. The van der Waals surface area contributed by atoms with Gasteiger partial charge in [0.15, 0.2) is 11.6 Å². The molecular weight excluding hydrogens is 443 g/mol. The molecule has 2 aliphatic rings. The number of halogens is 3. The Kier molecular flexibility index (Phi) is 5.94. The summed E-state index contributed by atoms with van der Waals surface area (Å²) in [5.41, 5.74) is -0.136. The van der Waals surface area contributed by atoms with Crippen LogP contribution in [0.3, 0.4) is 0 Å². The number of hydrogen-bond acceptors (Lipinski definition) is 4. The molecule has 0 spiro atoms. The summed E-state index contributed by atoms with van der Waals surface area (Å²) in [6, 6.07) is 3.15. The van der Waals surface area contributed by atoms with Gasteiger partial charge in [0.25, 0.3) is 5.56 Å². The van der Waals surface area contributed by atoms with Crippen LogP contribution >= 0.6 is 11.8 Å². The topological polar surface area (TPSA) is 68.5 Å². The van der Waals surface area contributed by atoms with E-state index in [1.54, 1.807) is 6.92 Å². The standard InChI is InChI=1S/C23H20F3NO4S/c1-11-13(9-14-15(24)6-4-7-16(14)25)22-27(17(10-32-22)23(29)30)21(28)19(11)12-5-3-8-18(31-2)20(12)26/h3,5-6,8,17H,4,7,9-10H2,1-2H3,(H,29,30). The van der Waals surface area contributed by atoms with E-state index in [4.69, 9.17) is 4.74 Å². The van der Waals surface area contributed by atoms with Gasteiger partial charge in [-0.1, -0.05) is 12.1 Å². The molecule has 1 aromatic carbocycles. The van der Waals surface area contributed by atoms with Gasteiger partial charge >= 0.3 is 5.97 Å². The molecule has 0 bridgehead atoms. The normalized spacial score (nSPS) is 17.9. The molecule has 5 nitrogen and oxygen atoms in total. The number of rotatable bonds is 5. The van der Waals surface area contributed by atoms with Gasteiger partial charge < -0.3 is 9.84 Å². The SMILES string of the molecule is COc1cccc(-c2c(C)c(CC3=C(F)CCC=C3F)c3n(c2=O)C(C(=O)O)CS3)c1F. The minimum Gasteiger partial charge on any atom is -0.494 e. The second kappa shape index (κ2) is 8.54. The number of fused-ring (bicyclic) bond motifs is 1. The summed E-state index contributed by atoms with van der Waals surface area (Å²) >= 11 is 1.14. The summed E-state index contributed by atoms with van der Waals surface area (Å²) in [6.07, 6.45) is 1.45. The van der Waals surface area contributed by atoms with Crippen molar-refractivity contribution in [1.29, 1.82) is 0 Å². The molecule has 0 amide bonds. The van der Waals surface area contributed by atoms with Crippen LogP contribution in [0.1, 0.15) is 30.0 Å². The fourth-order valence-corrected chi connectivity index (χ4v) is 5.51. The Hall–Kier alpha value is -2.94. The predicted octanol–water partition coefficient (Wildman–Crippen LogP) is 5.12. The van der Waals surface area contributed by atoms with Crippen molar-refractivity contribution in [1.82, 2.24) is 4.57 Å². The zero-order chi connectivity index (χ0) is 23.2. The molecule has 168 valence electrons. The highest BCUT2D eigenvalue weighted by atomic mass is 32.2. The van der Waals surface area contributed by atoms with Crippen LogP contribution in [0.25, 0.3) is 11.1 Å². The molecule has 4 rings (SSSR count). The highest BCUT2D eigenvalue weighted by molar-refractivity contribution is 7.99. The molecule has 1 unspecified atom stereocenters. The number of nitrogens with zero attached hydrogens (tertiary/aromatic N) is 1. The number of carboxylic acids is 1. The average molecular weight is 463 g/mol. The average Bonchev–Trinajstić information content (AvgIpc) is 3.20. The van der Waals surface area contributed by atoms with Gasteiger partial charge in [-0.15, -0.1) is 11.8 Å². The zero-order valence-electron chi connectivity index (χ0n) is 17.4. The summed E-state index contributed by atoms with van der Waals surface area (Å²) in [7, 11) is 1.29. The highest BCUT2D eigenvalue weighted by Crippen LogP contribution is 2.42. The van der Waals surface area contributed by atoms with Crippen LogP contribution in [0.2, 0.25) is 0 Å². The molecule has 1 aromatic heterocycles.